The van der Waals surface area contributed by atoms with Crippen LogP contribution in [0.4, 0.5) is 19.2 Å². The van der Waals surface area contributed by atoms with Gasteiger partial charge >= 0.3 is 24.3 Å². The van der Waals surface area contributed by atoms with Crippen LogP contribution >= 0.6 is 0 Å². The summed E-state index contributed by atoms with van der Waals surface area (Å²) >= 11 is 0. The molecule has 5 amide bonds. The van der Waals surface area contributed by atoms with Crippen molar-refractivity contribution in [2.75, 3.05) is 32.9 Å². The van der Waals surface area contributed by atoms with Gasteiger partial charge in [0.1, 0.15) is 0 Å². The second kappa shape index (κ2) is 43.0. The highest BCUT2D eigenvalue weighted by Crippen LogP contribution is 2.47. The van der Waals surface area contributed by atoms with Gasteiger partial charge in [0.15, 0.2) is 6.23 Å². The van der Waals surface area contributed by atoms with Gasteiger partial charge in [0.05, 0.1) is 19.8 Å². The molecule has 2 saturated carbocycles. The number of hydrogen-bond acceptors (Lipinski definition) is 10. The Balaban J connectivity index is 1.42. The number of urea groups is 1. The average Bonchev–Trinajstić information content (AvgIpc) is 1.23. The maximum atomic E-state index is 13.4. The molecule has 2 aliphatic carbocycles. The van der Waals surface area contributed by atoms with Crippen molar-refractivity contribution in [2.24, 2.45) is 38.5 Å². The number of alkyl carbamates (subject to hydrolysis) is 3. The third-order valence-electron chi connectivity index (χ3n) is 18.8. The number of aliphatic hydroxyl groups is 1. The van der Waals surface area contributed by atoms with Crippen LogP contribution in [-0.2, 0) is 14.2 Å². The molecule has 0 radical (unpaired) electrons. The molecular weight excluding hydrogens is 1080 g/mol. The largest absolute Gasteiger partial charge is 0.449 e. The highest BCUT2D eigenvalue weighted by atomic mass is 16.6. The molecule has 3 rings (SSSR count). The zero-order chi connectivity index (χ0) is 63.1. The maximum absolute atomic E-state index is 13.4. The Bertz CT molecular complexity index is 1950. The van der Waals surface area contributed by atoms with Gasteiger partial charge < -0.3 is 45.9 Å². The number of carbonyl (C=O) groups is 4. The number of aliphatic imine (C=N–C) groups is 1. The summed E-state index contributed by atoms with van der Waals surface area (Å²) in [6.45, 7) is 25.7. The van der Waals surface area contributed by atoms with Gasteiger partial charge in [-0.3, -0.25) is 5.32 Å². The summed E-state index contributed by atoms with van der Waals surface area (Å²) in [5.74, 6) is 0.895. The van der Waals surface area contributed by atoms with E-state index in [0.717, 1.165) is 51.4 Å². The first kappa shape index (κ1) is 76.5. The van der Waals surface area contributed by atoms with Gasteiger partial charge in [0.25, 0.3) is 0 Å². The van der Waals surface area contributed by atoms with Gasteiger partial charge in [-0.25, -0.2) is 24.2 Å². The van der Waals surface area contributed by atoms with Crippen molar-refractivity contribution in [1.82, 2.24) is 31.9 Å². The zero-order valence-electron chi connectivity index (χ0n) is 57.3. The van der Waals surface area contributed by atoms with Crippen LogP contribution < -0.4 is 31.9 Å². The van der Waals surface area contributed by atoms with Gasteiger partial charge in [0, 0.05) is 42.9 Å². The summed E-state index contributed by atoms with van der Waals surface area (Å²) in [7, 11) is 0. The van der Waals surface area contributed by atoms with E-state index in [1.807, 2.05) is 0 Å². The SMILES string of the molecule is CCCCCCCCCCC(CCCCCCCC)COC(=O)NC1CC(C)(C)CC(C)(CNC(=O)NC2=NC(O)C(CCOC(=O)NCC3(C)CC(NC(=O)OCC(CCCCCCCC)CCCCCCCCCC)CC(C)(C)C3)=C(C)N2)C1. The first-order valence-corrected chi connectivity index (χ1v) is 35.7. The standard InChI is InChI=1S/C71H133N7O8/c1-12-16-20-24-28-30-34-38-42-57(40-36-32-26-22-18-14-3)50-85-66(82)75-59-46-68(6,7)52-70(10,48-59)54-72-64(80)78-63-74-56(5)61(62(79)77-63)44-45-84-65(81)73-55-71(11)49-60(47-69(8,9)53-71)76-67(83)86-51-58(41-37-33-27-23-19-15-4)43-39-35-31-29-25-21-17-13-2/h57-60,62,79H,12-55H2,1-11H3,(H,73,81)(H,75,82)(H,76,83)(H3,72,74,77,78,80). The molecule has 1 heterocycles. The topological polar surface area (TPSA) is 201 Å². The molecule has 3 aliphatic rings. The highest BCUT2D eigenvalue weighted by Gasteiger charge is 2.44. The first-order chi connectivity index (χ1) is 41.1. The molecule has 0 aromatic rings. The smallest absolute Gasteiger partial charge is 0.407 e. The number of nitrogens with zero attached hydrogens (tertiary/aromatic N) is 1. The Morgan fingerprint density at radius 1 is 0.512 bits per heavy atom. The molecule has 0 saturated heterocycles. The minimum absolute atomic E-state index is 0.0226. The van der Waals surface area contributed by atoms with Gasteiger partial charge in [-0.1, -0.05) is 249 Å². The molecule has 7 unspecified atom stereocenters. The lowest BCUT2D eigenvalue weighted by Crippen LogP contribution is -2.53. The molecule has 7 atom stereocenters. The van der Waals surface area contributed by atoms with Crippen LogP contribution in [0.15, 0.2) is 16.3 Å². The van der Waals surface area contributed by atoms with Crippen molar-refractivity contribution in [3.8, 4) is 0 Å². The second-order valence-corrected chi connectivity index (χ2v) is 29.5. The number of ether oxygens (including phenoxy) is 3. The highest BCUT2D eigenvalue weighted by molar-refractivity contribution is 5.97. The summed E-state index contributed by atoms with van der Waals surface area (Å²) in [4.78, 5) is 57.6. The molecule has 86 heavy (non-hydrogen) atoms. The summed E-state index contributed by atoms with van der Waals surface area (Å²) in [6.07, 6.45) is 42.8. The Labute approximate surface area is 526 Å². The molecule has 7 N–H and O–H groups in total. The Morgan fingerprint density at radius 2 is 0.872 bits per heavy atom. The quantitative estimate of drug-likeness (QED) is 0.0229. The lowest BCUT2D eigenvalue weighted by Gasteiger charge is -2.46. The minimum Gasteiger partial charge on any atom is -0.449 e. The molecule has 15 nitrogen and oxygen atoms in total. The molecule has 1 aliphatic heterocycles. The number of hydrogen-bond donors (Lipinski definition) is 7. The normalized spacial score (nSPS) is 22.4. The van der Waals surface area contributed by atoms with E-state index in [4.69, 9.17) is 14.2 Å². The second-order valence-electron chi connectivity index (χ2n) is 29.5. The number of rotatable bonds is 45. The summed E-state index contributed by atoms with van der Waals surface area (Å²) in [5.41, 5.74) is 0.442. The van der Waals surface area contributed by atoms with E-state index in [1.165, 1.54) is 180 Å². The van der Waals surface area contributed by atoms with Crippen LogP contribution in [0.3, 0.4) is 0 Å². The first-order valence-electron chi connectivity index (χ1n) is 35.7. The third kappa shape index (κ3) is 34.9. The Hall–Kier alpha value is -3.75. The number of unbranched alkanes of at least 4 members (excludes halogenated alkanes) is 24. The molecule has 0 bridgehead atoms. The van der Waals surface area contributed by atoms with Gasteiger partial charge in [0.2, 0.25) is 5.96 Å². The van der Waals surface area contributed by atoms with Crippen LogP contribution in [0.1, 0.15) is 327 Å². The summed E-state index contributed by atoms with van der Waals surface area (Å²) in [5, 5.41) is 29.5. The van der Waals surface area contributed by atoms with E-state index >= 15 is 0 Å². The fourth-order valence-corrected chi connectivity index (χ4v) is 14.8. The van der Waals surface area contributed by atoms with Gasteiger partial charge in [-0.05, 0) is 105 Å². The van der Waals surface area contributed by atoms with E-state index in [1.54, 1.807) is 6.92 Å². The number of aliphatic hydroxyl groups excluding tert-OH is 1. The van der Waals surface area contributed by atoms with Crippen molar-refractivity contribution in [3.05, 3.63) is 11.3 Å². The van der Waals surface area contributed by atoms with Crippen LogP contribution in [-0.4, -0.2) is 86.6 Å². The fourth-order valence-electron chi connectivity index (χ4n) is 14.8. The van der Waals surface area contributed by atoms with E-state index < -0.39 is 18.4 Å². The lowest BCUT2D eigenvalue weighted by molar-refractivity contribution is 0.0595. The number of amides is 5. The molecule has 0 aromatic heterocycles. The van der Waals surface area contributed by atoms with Crippen molar-refractivity contribution in [1.29, 1.82) is 0 Å². The molecule has 0 spiro atoms. The average molecular weight is 1210 g/mol. The molecule has 500 valence electrons. The fraction of sp³-hybridized carbons (Fsp3) is 0.901. The number of nitrogens with one attached hydrogen (secondary N) is 6. The molecular formula is C71H133N7O8. The monoisotopic (exact) mass is 1210 g/mol. The van der Waals surface area contributed by atoms with E-state index in [2.05, 4.69) is 106 Å². The maximum Gasteiger partial charge on any atom is 0.407 e. The van der Waals surface area contributed by atoms with Crippen LogP contribution in [0, 0.1) is 33.5 Å². The van der Waals surface area contributed by atoms with Crippen molar-refractivity contribution < 1.29 is 38.5 Å². The van der Waals surface area contributed by atoms with E-state index in [-0.39, 0.29) is 64.9 Å². The van der Waals surface area contributed by atoms with Crippen LogP contribution in [0.2, 0.25) is 0 Å². The van der Waals surface area contributed by atoms with Gasteiger partial charge in [-0.15, -0.1) is 0 Å². The zero-order valence-corrected chi connectivity index (χ0v) is 57.3. The molecule has 15 heteroatoms. The number of carbonyl (C=O) groups excluding carboxylic acids is 4. The van der Waals surface area contributed by atoms with E-state index in [0.29, 0.717) is 62.3 Å². The third-order valence-corrected chi connectivity index (χ3v) is 18.8. The van der Waals surface area contributed by atoms with Gasteiger partial charge in [-0.2, -0.15) is 0 Å². The Kier molecular flexibility index (Phi) is 38.3. The Morgan fingerprint density at radius 3 is 1.24 bits per heavy atom. The lowest BCUT2D eigenvalue weighted by atomic mass is 9.62. The number of guanidine groups is 1. The predicted molar refractivity (Wildman–Crippen MR) is 355 cm³/mol. The van der Waals surface area contributed by atoms with Crippen LogP contribution in [0.25, 0.3) is 0 Å². The van der Waals surface area contributed by atoms with Crippen LogP contribution in [0.5, 0.6) is 0 Å². The van der Waals surface area contributed by atoms with Crippen molar-refractivity contribution >= 4 is 30.3 Å². The van der Waals surface area contributed by atoms with E-state index in [9.17, 15) is 24.3 Å². The summed E-state index contributed by atoms with van der Waals surface area (Å²) in [6, 6.07) is -0.631. The van der Waals surface area contributed by atoms with Crippen molar-refractivity contribution in [3.63, 3.8) is 0 Å². The number of allylic oxidation sites excluding steroid dienone is 1. The van der Waals surface area contributed by atoms with Crippen molar-refractivity contribution in [2.45, 2.75) is 345 Å². The minimum atomic E-state index is -1.24. The summed E-state index contributed by atoms with van der Waals surface area (Å²) < 4.78 is 17.6. The predicted octanol–water partition coefficient (Wildman–Crippen LogP) is 18.4. The molecule has 0 aromatic carbocycles. The molecule has 2 fully saturated rings.